The summed E-state index contributed by atoms with van der Waals surface area (Å²) in [5, 5.41) is 19.9. The van der Waals surface area contributed by atoms with Gasteiger partial charge in [0.2, 0.25) is 11.7 Å². The first-order valence-corrected chi connectivity index (χ1v) is 9.42. The number of aliphatic carboxylic acids is 2. The minimum atomic E-state index is -1.65. The third-order valence-electron chi connectivity index (χ3n) is 4.46. The Hall–Kier alpha value is -4.35. The number of amides is 1. The van der Waals surface area contributed by atoms with E-state index in [1.165, 1.54) is 6.20 Å². The van der Waals surface area contributed by atoms with Crippen LogP contribution in [0.25, 0.3) is 11.0 Å². The maximum atomic E-state index is 15.0. The predicted molar refractivity (Wildman–Crippen MR) is 108 cm³/mol. The van der Waals surface area contributed by atoms with E-state index in [0.717, 1.165) is 7.11 Å². The predicted octanol–water partition coefficient (Wildman–Crippen LogP) is 2.76. The lowest BCUT2D eigenvalue weighted by atomic mass is 10.1. The molecule has 10 nitrogen and oxygen atoms in total. The van der Waals surface area contributed by atoms with Gasteiger partial charge in [-0.15, -0.1) is 0 Å². The van der Waals surface area contributed by atoms with Crippen LogP contribution >= 0.6 is 0 Å². The normalized spacial score (nSPS) is 11.6. The number of carboxylic acid groups (broad SMARTS) is 2. The number of para-hydroxylation sites is 2. The molecule has 0 aliphatic heterocycles. The molecule has 1 heterocycles. The van der Waals surface area contributed by atoms with Crippen LogP contribution in [-0.2, 0) is 9.59 Å². The number of rotatable bonds is 9. The first kappa shape index (κ1) is 23.3. The Balaban J connectivity index is 1.91. The highest BCUT2D eigenvalue weighted by Gasteiger charge is 2.29. The molecule has 33 heavy (non-hydrogen) atoms. The van der Waals surface area contributed by atoms with Gasteiger partial charge >= 0.3 is 11.9 Å². The molecule has 2 aromatic carbocycles. The van der Waals surface area contributed by atoms with Crippen LogP contribution in [0, 0.1) is 11.6 Å². The second-order valence-corrected chi connectivity index (χ2v) is 6.67. The lowest BCUT2D eigenvalue weighted by Crippen LogP contribution is -2.41. The van der Waals surface area contributed by atoms with Gasteiger partial charge in [0.05, 0.1) is 24.3 Å². The summed E-state index contributed by atoms with van der Waals surface area (Å²) >= 11 is 0. The van der Waals surface area contributed by atoms with E-state index in [0.29, 0.717) is 17.1 Å². The molecule has 0 fully saturated rings. The summed E-state index contributed by atoms with van der Waals surface area (Å²) in [6, 6.07) is 5.73. The number of aromatic nitrogens is 2. The Morgan fingerprint density at radius 1 is 1.15 bits per heavy atom. The summed E-state index contributed by atoms with van der Waals surface area (Å²) in [6.45, 7) is 0. The van der Waals surface area contributed by atoms with Crippen LogP contribution in [0.2, 0.25) is 0 Å². The van der Waals surface area contributed by atoms with Gasteiger partial charge in [-0.1, -0.05) is 12.1 Å². The quantitative estimate of drug-likeness (QED) is 0.437. The number of carbonyl (C=O) groups is 3. The Kier molecular flexibility index (Phi) is 6.96. The number of carbonyl (C=O) groups excluding carboxylic acids is 1. The Bertz CT molecular complexity index is 1240. The number of hydrogen-bond acceptors (Lipinski definition) is 7. The topological polar surface area (TPSA) is 148 Å². The molecule has 12 heteroatoms. The van der Waals surface area contributed by atoms with Crippen LogP contribution in [0.3, 0.4) is 0 Å². The minimum Gasteiger partial charge on any atom is -0.493 e. The molecule has 0 radical (unpaired) electrons. The molecule has 1 amide bonds. The molecule has 1 aromatic heterocycles. The molecule has 1 atom stereocenters. The SMILES string of the molecule is COc1c(F)c(Oc2cnc3ccccc3n2)cc(F)c1C(=O)NC(CCC(=O)O)C(=O)O. The van der Waals surface area contributed by atoms with E-state index in [-0.39, 0.29) is 5.88 Å². The van der Waals surface area contributed by atoms with Crippen molar-refractivity contribution in [2.45, 2.75) is 18.9 Å². The standard InChI is InChI=1S/C21H17F2N3O7/c1-32-19-17(20(29)26-13(21(30)31)6-7-16(27)28)10(22)8-14(18(19)23)33-15-9-24-11-4-2-3-5-12(11)25-15/h2-5,8-9,13H,6-7H2,1H3,(H,26,29)(H,27,28)(H,30,31). The summed E-state index contributed by atoms with van der Waals surface area (Å²) < 4.78 is 39.9. The third-order valence-corrected chi connectivity index (χ3v) is 4.46. The van der Waals surface area contributed by atoms with E-state index in [2.05, 4.69) is 9.97 Å². The fourth-order valence-corrected chi connectivity index (χ4v) is 2.92. The lowest BCUT2D eigenvalue weighted by molar-refractivity contribution is -0.140. The molecule has 1 unspecified atom stereocenters. The molecule has 3 aromatic rings. The van der Waals surface area contributed by atoms with E-state index >= 15 is 0 Å². The van der Waals surface area contributed by atoms with Gasteiger partial charge in [0.25, 0.3) is 5.91 Å². The Labute approximate surface area is 184 Å². The second kappa shape index (κ2) is 9.85. The average Bonchev–Trinajstić information content (AvgIpc) is 2.77. The number of hydrogen-bond donors (Lipinski definition) is 3. The van der Waals surface area contributed by atoms with Gasteiger partial charge < -0.3 is 25.0 Å². The van der Waals surface area contributed by atoms with Crippen molar-refractivity contribution in [1.82, 2.24) is 15.3 Å². The van der Waals surface area contributed by atoms with Gasteiger partial charge in [-0.25, -0.2) is 19.2 Å². The van der Waals surface area contributed by atoms with Gasteiger partial charge in [0, 0.05) is 12.5 Å². The molecule has 0 saturated carbocycles. The maximum absolute atomic E-state index is 15.0. The largest absolute Gasteiger partial charge is 0.493 e. The summed E-state index contributed by atoms with van der Waals surface area (Å²) in [6.07, 6.45) is 0.169. The summed E-state index contributed by atoms with van der Waals surface area (Å²) in [7, 11) is 0.980. The zero-order chi connectivity index (χ0) is 24.1. The van der Waals surface area contributed by atoms with Crippen LogP contribution < -0.4 is 14.8 Å². The van der Waals surface area contributed by atoms with Crippen molar-refractivity contribution in [3.05, 3.63) is 53.7 Å². The summed E-state index contributed by atoms with van der Waals surface area (Å²) in [5.74, 6) is -8.27. The van der Waals surface area contributed by atoms with Crippen molar-refractivity contribution in [2.75, 3.05) is 7.11 Å². The van der Waals surface area contributed by atoms with E-state index in [1.54, 1.807) is 24.3 Å². The molecule has 3 N–H and O–H groups in total. The highest BCUT2D eigenvalue weighted by molar-refractivity contribution is 5.99. The van der Waals surface area contributed by atoms with Crippen molar-refractivity contribution in [2.24, 2.45) is 0 Å². The third kappa shape index (κ3) is 5.29. The van der Waals surface area contributed by atoms with Crippen LogP contribution in [0.15, 0.2) is 36.5 Å². The molecular formula is C21H17F2N3O7. The fourth-order valence-electron chi connectivity index (χ4n) is 2.92. The van der Waals surface area contributed by atoms with Gasteiger partial charge in [-0.05, 0) is 18.6 Å². The summed E-state index contributed by atoms with van der Waals surface area (Å²) in [5.41, 5.74) is 0.0884. The maximum Gasteiger partial charge on any atom is 0.326 e. The van der Waals surface area contributed by atoms with Crippen molar-refractivity contribution < 1.29 is 42.9 Å². The van der Waals surface area contributed by atoms with E-state index < -0.39 is 65.4 Å². The Morgan fingerprint density at radius 3 is 2.48 bits per heavy atom. The number of nitrogens with zero attached hydrogens (tertiary/aromatic N) is 2. The number of halogens is 2. The van der Waals surface area contributed by atoms with Crippen molar-refractivity contribution in [3.63, 3.8) is 0 Å². The highest BCUT2D eigenvalue weighted by Crippen LogP contribution is 2.35. The van der Waals surface area contributed by atoms with Gasteiger partial charge in [0.1, 0.15) is 17.4 Å². The van der Waals surface area contributed by atoms with Crippen LogP contribution in [-0.4, -0.2) is 51.2 Å². The highest BCUT2D eigenvalue weighted by atomic mass is 19.1. The lowest BCUT2D eigenvalue weighted by Gasteiger charge is -2.17. The molecular weight excluding hydrogens is 444 g/mol. The van der Waals surface area contributed by atoms with Crippen molar-refractivity contribution >= 4 is 28.9 Å². The van der Waals surface area contributed by atoms with Crippen molar-refractivity contribution in [1.29, 1.82) is 0 Å². The first-order valence-electron chi connectivity index (χ1n) is 9.42. The average molecular weight is 461 g/mol. The van der Waals surface area contributed by atoms with Crippen LogP contribution in [0.4, 0.5) is 8.78 Å². The number of carboxylic acids is 2. The zero-order valence-corrected chi connectivity index (χ0v) is 17.0. The molecule has 0 aliphatic carbocycles. The summed E-state index contributed by atoms with van der Waals surface area (Å²) in [4.78, 5) is 42.7. The number of ether oxygens (including phenoxy) is 2. The number of methoxy groups -OCH3 is 1. The first-order chi connectivity index (χ1) is 15.7. The Morgan fingerprint density at radius 2 is 1.85 bits per heavy atom. The van der Waals surface area contributed by atoms with E-state index in [1.807, 2.05) is 5.32 Å². The zero-order valence-electron chi connectivity index (χ0n) is 17.0. The number of benzene rings is 2. The van der Waals surface area contributed by atoms with E-state index in [9.17, 15) is 28.3 Å². The molecule has 0 bridgehead atoms. The minimum absolute atomic E-state index is 0.147. The molecule has 3 rings (SSSR count). The molecule has 0 aliphatic rings. The van der Waals surface area contributed by atoms with Crippen LogP contribution in [0.1, 0.15) is 23.2 Å². The second-order valence-electron chi connectivity index (χ2n) is 6.67. The smallest absolute Gasteiger partial charge is 0.326 e. The molecule has 172 valence electrons. The van der Waals surface area contributed by atoms with Gasteiger partial charge in [-0.3, -0.25) is 9.59 Å². The fraction of sp³-hybridized carbons (Fsp3) is 0.190. The van der Waals surface area contributed by atoms with Gasteiger partial charge in [0.15, 0.2) is 11.5 Å². The molecule has 0 spiro atoms. The van der Waals surface area contributed by atoms with Crippen LogP contribution in [0.5, 0.6) is 17.4 Å². The molecule has 0 saturated heterocycles. The van der Waals surface area contributed by atoms with E-state index in [4.69, 9.17) is 14.6 Å². The van der Waals surface area contributed by atoms with Crippen molar-refractivity contribution in [3.8, 4) is 17.4 Å². The van der Waals surface area contributed by atoms with Gasteiger partial charge in [-0.2, -0.15) is 4.39 Å². The number of fused-ring (bicyclic) bond motifs is 1. The number of nitrogens with one attached hydrogen (secondary N) is 1. The monoisotopic (exact) mass is 461 g/mol.